The number of carbonyl (C=O) groups is 1. The SMILES string of the molecule is CCOc1ccc(-n2c(N)c(C(=O)NC(C)CC)c3nc4ccccc4nc32)cc1. The zero-order valence-corrected chi connectivity index (χ0v) is 17.3. The molecule has 7 heteroatoms. The van der Waals surface area contributed by atoms with Gasteiger partial charge in [0.2, 0.25) is 0 Å². The van der Waals surface area contributed by atoms with E-state index in [1.165, 1.54) is 0 Å². The van der Waals surface area contributed by atoms with E-state index in [0.29, 0.717) is 34.7 Å². The van der Waals surface area contributed by atoms with Crippen LogP contribution in [0, 0.1) is 0 Å². The smallest absolute Gasteiger partial charge is 0.257 e. The predicted molar refractivity (Wildman–Crippen MR) is 119 cm³/mol. The van der Waals surface area contributed by atoms with Gasteiger partial charge < -0.3 is 15.8 Å². The Morgan fingerprint density at radius 3 is 2.40 bits per heavy atom. The monoisotopic (exact) mass is 403 g/mol. The van der Waals surface area contributed by atoms with E-state index in [4.69, 9.17) is 20.4 Å². The summed E-state index contributed by atoms with van der Waals surface area (Å²) in [5, 5.41) is 3.00. The highest BCUT2D eigenvalue weighted by molar-refractivity contribution is 6.11. The Morgan fingerprint density at radius 2 is 1.77 bits per heavy atom. The predicted octanol–water partition coefficient (Wildman–Crippen LogP) is 4.08. The minimum atomic E-state index is -0.249. The standard InChI is InChI=1S/C23H25N5O2/c1-4-14(3)25-23(29)19-20-22(27-18-9-7-6-8-17(18)26-20)28(21(19)24)15-10-12-16(13-11-15)30-5-2/h6-14H,4-5,24H2,1-3H3,(H,25,29). The normalized spacial score (nSPS) is 12.2. The molecule has 2 aromatic carbocycles. The van der Waals surface area contributed by atoms with Crippen LogP contribution in [0.1, 0.15) is 37.6 Å². The lowest BCUT2D eigenvalue weighted by Gasteiger charge is -2.12. The number of aromatic nitrogens is 3. The number of hydrogen-bond acceptors (Lipinski definition) is 5. The molecule has 0 aliphatic carbocycles. The summed E-state index contributed by atoms with van der Waals surface area (Å²) in [5.41, 5.74) is 10.1. The number of carbonyl (C=O) groups excluding carboxylic acids is 1. The van der Waals surface area contributed by atoms with Gasteiger partial charge in [-0.25, -0.2) is 9.97 Å². The maximum absolute atomic E-state index is 13.1. The quantitative estimate of drug-likeness (QED) is 0.506. The molecule has 3 N–H and O–H groups in total. The number of nitrogens with two attached hydrogens (primary N) is 1. The van der Waals surface area contributed by atoms with E-state index in [0.717, 1.165) is 23.4 Å². The molecule has 0 radical (unpaired) electrons. The van der Waals surface area contributed by atoms with Crippen LogP contribution in [-0.2, 0) is 0 Å². The fourth-order valence-corrected chi connectivity index (χ4v) is 3.40. The van der Waals surface area contributed by atoms with Crippen LogP contribution in [0.3, 0.4) is 0 Å². The van der Waals surface area contributed by atoms with Gasteiger partial charge in [-0.15, -0.1) is 0 Å². The molecule has 0 saturated heterocycles. The van der Waals surface area contributed by atoms with Crippen molar-refractivity contribution < 1.29 is 9.53 Å². The molecule has 1 atom stereocenters. The molecule has 0 spiro atoms. The van der Waals surface area contributed by atoms with Gasteiger partial charge in [0.1, 0.15) is 22.6 Å². The van der Waals surface area contributed by atoms with Gasteiger partial charge in [0.05, 0.1) is 17.6 Å². The molecule has 0 fully saturated rings. The molecule has 7 nitrogen and oxygen atoms in total. The molecule has 0 aliphatic heterocycles. The summed E-state index contributed by atoms with van der Waals surface area (Å²) in [4.78, 5) is 22.6. The summed E-state index contributed by atoms with van der Waals surface area (Å²) in [5.74, 6) is 0.828. The van der Waals surface area contributed by atoms with E-state index < -0.39 is 0 Å². The first kappa shape index (κ1) is 19.7. The third-order valence-corrected chi connectivity index (χ3v) is 5.12. The molecule has 0 saturated carbocycles. The summed E-state index contributed by atoms with van der Waals surface area (Å²) in [6.07, 6.45) is 0.817. The van der Waals surface area contributed by atoms with Crippen LogP contribution in [-0.4, -0.2) is 33.1 Å². The van der Waals surface area contributed by atoms with E-state index in [1.807, 2.05) is 69.3 Å². The first-order valence-electron chi connectivity index (χ1n) is 10.1. The van der Waals surface area contributed by atoms with Crippen LogP contribution < -0.4 is 15.8 Å². The molecule has 154 valence electrons. The van der Waals surface area contributed by atoms with Crippen molar-refractivity contribution in [1.82, 2.24) is 19.9 Å². The molecule has 1 unspecified atom stereocenters. The van der Waals surface area contributed by atoms with Gasteiger partial charge in [0.25, 0.3) is 5.91 Å². The van der Waals surface area contributed by atoms with Crippen molar-refractivity contribution in [3.8, 4) is 11.4 Å². The topological polar surface area (TPSA) is 95.1 Å². The second-order valence-corrected chi connectivity index (χ2v) is 7.19. The fourth-order valence-electron chi connectivity index (χ4n) is 3.40. The third-order valence-electron chi connectivity index (χ3n) is 5.12. The Labute approximate surface area is 174 Å². The summed E-state index contributed by atoms with van der Waals surface area (Å²) in [6.45, 7) is 6.51. The average molecular weight is 403 g/mol. The van der Waals surface area contributed by atoms with Gasteiger partial charge in [-0.3, -0.25) is 9.36 Å². The largest absolute Gasteiger partial charge is 0.494 e. The van der Waals surface area contributed by atoms with E-state index >= 15 is 0 Å². The van der Waals surface area contributed by atoms with Crippen LogP contribution in [0.25, 0.3) is 27.9 Å². The zero-order valence-electron chi connectivity index (χ0n) is 17.3. The molecule has 1 amide bonds. The number of rotatable bonds is 6. The van der Waals surface area contributed by atoms with E-state index in [9.17, 15) is 4.79 Å². The van der Waals surface area contributed by atoms with Crippen LogP contribution in [0.15, 0.2) is 48.5 Å². The molecule has 2 heterocycles. The van der Waals surface area contributed by atoms with E-state index in [1.54, 1.807) is 4.57 Å². The van der Waals surface area contributed by atoms with E-state index in [2.05, 4.69) is 5.32 Å². The fraction of sp³-hybridized carbons (Fsp3) is 0.261. The number of nitrogen functional groups attached to an aromatic ring is 1. The number of nitrogens with zero attached hydrogens (tertiary/aromatic N) is 3. The zero-order chi connectivity index (χ0) is 21.3. The highest BCUT2D eigenvalue weighted by Gasteiger charge is 2.25. The van der Waals surface area contributed by atoms with Gasteiger partial charge in [-0.2, -0.15) is 0 Å². The number of benzene rings is 2. The highest BCUT2D eigenvalue weighted by Crippen LogP contribution is 2.31. The second kappa shape index (κ2) is 8.02. The number of ether oxygens (including phenoxy) is 1. The van der Waals surface area contributed by atoms with Crippen molar-refractivity contribution in [2.75, 3.05) is 12.3 Å². The van der Waals surface area contributed by atoms with Gasteiger partial charge in [-0.05, 0) is 56.7 Å². The Bertz CT molecular complexity index is 1210. The van der Waals surface area contributed by atoms with Gasteiger partial charge in [0, 0.05) is 11.7 Å². The lowest BCUT2D eigenvalue weighted by Crippen LogP contribution is -2.32. The Balaban J connectivity index is 1.95. The van der Waals surface area contributed by atoms with Crippen molar-refractivity contribution in [1.29, 1.82) is 0 Å². The summed E-state index contributed by atoms with van der Waals surface area (Å²) in [6, 6.07) is 15.1. The highest BCUT2D eigenvalue weighted by atomic mass is 16.5. The second-order valence-electron chi connectivity index (χ2n) is 7.19. The Morgan fingerprint density at radius 1 is 1.10 bits per heavy atom. The molecule has 0 bridgehead atoms. The summed E-state index contributed by atoms with van der Waals surface area (Å²) in [7, 11) is 0. The maximum Gasteiger partial charge on any atom is 0.257 e. The minimum Gasteiger partial charge on any atom is -0.494 e. The maximum atomic E-state index is 13.1. The van der Waals surface area contributed by atoms with Crippen LogP contribution in [0.4, 0.5) is 5.82 Å². The first-order valence-corrected chi connectivity index (χ1v) is 10.1. The molecule has 2 aromatic heterocycles. The molecular weight excluding hydrogens is 378 g/mol. The third kappa shape index (κ3) is 3.43. The van der Waals surface area contributed by atoms with Gasteiger partial charge in [-0.1, -0.05) is 19.1 Å². The number of anilines is 1. The minimum absolute atomic E-state index is 0.0224. The molecular formula is C23H25N5O2. The lowest BCUT2D eigenvalue weighted by molar-refractivity contribution is 0.0941. The van der Waals surface area contributed by atoms with Crippen molar-refractivity contribution in [2.45, 2.75) is 33.2 Å². The summed E-state index contributed by atoms with van der Waals surface area (Å²) < 4.78 is 7.31. The molecule has 4 rings (SSSR count). The molecule has 0 aliphatic rings. The number of amides is 1. The first-order chi connectivity index (χ1) is 14.5. The Hall–Kier alpha value is -3.61. The van der Waals surface area contributed by atoms with Crippen molar-refractivity contribution in [3.05, 3.63) is 54.1 Å². The summed E-state index contributed by atoms with van der Waals surface area (Å²) >= 11 is 0. The average Bonchev–Trinajstić information content (AvgIpc) is 3.03. The molecule has 4 aromatic rings. The molecule has 30 heavy (non-hydrogen) atoms. The van der Waals surface area contributed by atoms with E-state index in [-0.39, 0.29) is 11.9 Å². The van der Waals surface area contributed by atoms with Crippen molar-refractivity contribution in [3.63, 3.8) is 0 Å². The van der Waals surface area contributed by atoms with Crippen LogP contribution in [0.2, 0.25) is 0 Å². The number of para-hydroxylation sites is 2. The van der Waals surface area contributed by atoms with Gasteiger partial charge >= 0.3 is 0 Å². The lowest BCUT2D eigenvalue weighted by atomic mass is 10.2. The Kier molecular flexibility index (Phi) is 5.27. The van der Waals surface area contributed by atoms with Crippen LogP contribution >= 0.6 is 0 Å². The number of hydrogen-bond donors (Lipinski definition) is 2. The number of nitrogens with one attached hydrogen (secondary N) is 1. The van der Waals surface area contributed by atoms with Crippen LogP contribution in [0.5, 0.6) is 5.75 Å². The number of fused-ring (bicyclic) bond motifs is 2. The van der Waals surface area contributed by atoms with Crippen molar-refractivity contribution >= 4 is 33.9 Å². The van der Waals surface area contributed by atoms with Gasteiger partial charge in [0.15, 0.2) is 5.65 Å². The van der Waals surface area contributed by atoms with Crippen molar-refractivity contribution in [2.24, 2.45) is 0 Å².